The van der Waals surface area contributed by atoms with Gasteiger partial charge in [0.05, 0.1) is 5.69 Å². The summed E-state index contributed by atoms with van der Waals surface area (Å²) >= 11 is 0. The molecule has 1 saturated heterocycles. The van der Waals surface area contributed by atoms with Crippen LogP contribution in [0.2, 0.25) is 0 Å². The molecule has 1 unspecified atom stereocenters. The van der Waals surface area contributed by atoms with Gasteiger partial charge in [-0.2, -0.15) is 9.50 Å². The molecule has 90 valence electrons. The molecule has 1 atom stereocenters. The number of hydrogen-bond acceptors (Lipinski definition) is 4. The molecule has 2 N–H and O–H groups in total. The van der Waals surface area contributed by atoms with E-state index in [2.05, 4.69) is 20.4 Å². The van der Waals surface area contributed by atoms with Crippen LogP contribution in [0.15, 0.2) is 10.9 Å². The molecule has 3 heterocycles. The third kappa shape index (κ3) is 1.74. The lowest BCUT2D eigenvalue weighted by atomic mass is 10.1. The predicted octanol–water partition coefficient (Wildman–Crippen LogP) is 0.0569. The zero-order valence-electron chi connectivity index (χ0n) is 9.73. The largest absolute Gasteiger partial charge is 0.316 e. The summed E-state index contributed by atoms with van der Waals surface area (Å²) < 4.78 is 1.41. The van der Waals surface area contributed by atoms with Crippen LogP contribution in [0.25, 0.3) is 5.78 Å². The van der Waals surface area contributed by atoms with E-state index in [1.54, 1.807) is 6.07 Å². The number of aromatic nitrogens is 4. The van der Waals surface area contributed by atoms with Crippen molar-refractivity contribution in [3.8, 4) is 0 Å². The molecule has 1 fully saturated rings. The summed E-state index contributed by atoms with van der Waals surface area (Å²) in [5.74, 6) is 1.61. The molecule has 0 bridgehead atoms. The van der Waals surface area contributed by atoms with Crippen molar-refractivity contribution in [3.63, 3.8) is 0 Å². The summed E-state index contributed by atoms with van der Waals surface area (Å²) in [4.78, 5) is 20.7. The summed E-state index contributed by atoms with van der Waals surface area (Å²) in [6.07, 6.45) is 1.80. The number of hydrogen-bond donors (Lipinski definition) is 2. The van der Waals surface area contributed by atoms with Crippen LogP contribution in [0.4, 0.5) is 0 Å². The molecule has 1 aliphatic rings. The maximum Gasteiger partial charge on any atom is 0.274 e. The minimum atomic E-state index is -0.0795. The van der Waals surface area contributed by atoms with Crippen LogP contribution in [0, 0.1) is 0 Å². The van der Waals surface area contributed by atoms with Crippen molar-refractivity contribution in [2.45, 2.75) is 25.7 Å². The Morgan fingerprint density at radius 1 is 1.53 bits per heavy atom. The van der Waals surface area contributed by atoms with E-state index in [1.807, 2.05) is 6.92 Å². The van der Waals surface area contributed by atoms with Crippen molar-refractivity contribution >= 4 is 5.78 Å². The van der Waals surface area contributed by atoms with Crippen molar-refractivity contribution in [3.05, 3.63) is 27.9 Å². The zero-order chi connectivity index (χ0) is 11.8. The Morgan fingerprint density at radius 3 is 3.12 bits per heavy atom. The van der Waals surface area contributed by atoms with Gasteiger partial charge in [-0.1, -0.05) is 6.92 Å². The Morgan fingerprint density at radius 2 is 2.41 bits per heavy atom. The van der Waals surface area contributed by atoms with E-state index in [9.17, 15) is 4.79 Å². The summed E-state index contributed by atoms with van der Waals surface area (Å²) in [6, 6.07) is 1.61. The van der Waals surface area contributed by atoms with Gasteiger partial charge in [-0.25, -0.2) is 4.98 Å². The van der Waals surface area contributed by atoms with Gasteiger partial charge in [0.2, 0.25) is 0 Å². The van der Waals surface area contributed by atoms with Crippen molar-refractivity contribution in [1.82, 2.24) is 24.9 Å². The first kappa shape index (κ1) is 10.5. The molecule has 3 rings (SSSR count). The first-order chi connectivity index (χ1) is 8.28. The van der Waals surface area contributed by atoms with E-state index in [0.29, 0.717) is 11.7 Å². The van der Waals surface area contributed by atoms with Crippen molar-refractivity contribution < 1.29 is 0 Å². The molecule has 0 amide bonds. The summed E-state index contributed by atoms with van der Waals surface area (Å²) in [7, 11) is 0. The van der Waals surface area contributed by atoms with Gasteiger partial charge < -0.3 is 5.32 Å². The van der Waals surface area contributed by atoms with Crippen LogP contribution in [0.1, 0.15) is 30.8 Å². The molecule has 6 nitrogen and oxygen atoms in total. The standard InChI is InChI=1S/C11H15N5O/c1-2-9-14-11-13-8(7-3-4-12-6-7)5-10(17)16(11)15-9/h5,7,12H,2-4,6H2,1H3,(H,13,14,15). The van der Waals surface area contributed by atoms with E-state index in [-0.39, 0.29) is 5.56 Å². The average molecular weight is 233 g/mol. The smallest absolute Gasteiger partial charge is 0.274 e. The highest BCUT2D eigenvalue weighted by atomic mass is 16.1. The van der Waals surface area contributed by atoms with Gasteiger partial charge in [0.25, 0.3) is 11.3 Å². The van der Waals surface area contributed by atoms with Gasteiger partial charge >= 0.3 is 0 Å². The normalized spacial score (nSPS) is 20.2. The number of aromatic amines is 1. The third-order valence-electron chi connectivity index (χ3n) is 3.21. The molecule has 0 aliphatic carbocycles. The van der Waals surface area contributed by atoms with Gasteiger partial charge in [-0.15, -0.1) is 0 Å². The SMILES string of the molecule is CCc1nc2nc(C3CCNC3)cc(=O)n2[nH]1. The number of fused-ring (bicyclic) bond motifs is 1. The summed E-state index contributed by atoms with van der Waals surface area (Å²) in [6.45, 7) is 3.88. The molecule has 0 spiro atoms. The third-order valence-corrected chi connectivity index (χ3v) is 3.21. The van der Waals surface area contributed by atoms with Crippen LogP contribution in [0.3, 0.4) is 0 Å². The van der Waals surface area contributed by atoms with Crippen LogP contribution in [-0.2, 0) is 6.42 Å². The molecule has 1 aliphatic heterocycles. The highest BCUT2D eigenvalue weighted by Gasteiger charge is 2.19. The summed E-state index contributed by atoms with van der Waals surface area (Å²) in [5, 5.41) is 6.22. The van der Waals surface area contributed by atoms with E-state index in [4.69, 9.17) is 0 Å². The van der Waals surface area contributed by atoms with Gasteiger partial charge in [0.1, 0.15) is 5.82 Å². The van der Waals surface area contributed by atoms with Gasteiger partial charge in [0.15, 0.2) is 0 Å². The number of nitrogens with zero attached hydrogens (tertiary/aromatic N) is 3. The topological polar surface area (TPSA) is 75.1 Å². The van der Waals surface area contributed by atoms with Gasteiger partial charge in [-0.05, 0) is 13.0 Å². The molecular formula is C11H15N5O. The lowest BCUT2D eigenvalue weighted by Gasteiger charge is -2.06. The van der Waals surface area contributed by atoms with Crippen LogP contribution in [0.5, 0.6) is 0 Å². The molecule has 2 aromatic rings. The van der Waals surface area contributed by atoms with E-state index >= 15 is 0 Å². The number of aryl methyl sites for hydroxylation is 1. The van der Waals surface area contributed by atoms with Crippen molar-refractivity contribution in [2.24, 2.45) is 0 Å². The fourth-order valence-electron chi connectivity index (χ4n) is 2.22. The Kier molecular flexibility index (Phi) is 2.44. The lowest BCUT2D eigenvalue weighted by molar-refractivity contribution is 0.724. The Bertz CT molecular complexity index is 593. The Hall–Kier alpha value is -1.69. The predicted molar refractivity (Wildman–Crippen MR) is 63.2 cm³/mol. The Labute approximate surface area is 98.1 Å². The van der Waals surface area contributed by atoms with Crippen molar-refractivity contribution in [1.29, 1.82) is 0 Å². The second-order valence-electron chi connectivity index (χ2n) is 4.37. The minimum Gasteiger partial charge on any atom is -0.316 e. The second kappa shape index (κ2) is 3.96. The molecular weight excluding hydrogens is 218 g/mol. The monoisotopic (exact) mass is 233 g/mol. The first-order valence-electron chi connectivity index (χ1n) is 5.97. The number of H-pyrrole nitrogens is 1. The maximum atomic E-state index is 11.9. The van der Waals surface area contributed by atoms with Crippen LogP contribution < -0.4 is 10.9 Å². The highest BCUT2D eigenvalue weighted by Crippen LogP contribution is 2.19. The van der Waals surface area contributed by atoms with Gasteiger partial charge in [-0.3, -0.25) is 9.89 Å². The first-order valence-corrected chi connectivity index (χ1v) is 5.97. The molecule has 2 aromatic heterocycles. The fraction of sp³-hybridized carbons (Fsp3) is 0.545. The van der Waals surface area contributed by atoms with Crippen LogP contribution in [-0.4, -0.2) is 32.7 Å². The molecule has 17 heavy (non-hydrogen) atoms. The maximum absolute atomic E-state index is 11.9. The number of rotatable bonds is 2. The molecule has 0 aromatic carbocycles. The van der Waals surface area contributed by atoms with E-state index < -0.39 is 0 Å². The summed E-state index contributed by atoms with van der Waals surface area (Å²) in [5.41, 5.74) is 0.776. The highest BCUT2D eigenvalue weighted by molar-refractivity contribution is 5.29. The molecule has 0 saturated carbocycles. The van der Waals surface area contributed by atoms with Gasteiger partial charge in [0, 0.05) is 24.9 Å². The van der Waals surface area contributed by atoms with Crippen molar-refractivity contribution in [2.75, 3.05) is 13.1 Å². The number of nitrogens with one attached hydrogen (secondary N) is 2. The molecule has 6 heteroatoms. The second-order valence-corrected chi connectivity index (χ2v) is 4.37. The average Bonchev–Trinajstić information content (AvgIpc) is 2.97. The fourth-order valence-corrected chi connectivity index (χ4v) is 2.22. The lowest BCUT2D eigenvalue weighted by Crippen LogP contribution is -2.18. The quantitative estimate of drug-likeness (QED) is 0.769. The van der Waals surface area contributed by atoms with Crippen LogP contribution >= 0.6 is 0 Å². The van der Waals surface area contributed by atoms with E-state index in [1.165, 1.54) is 4.52 Å². The molecule has 0 radical (unpaired) electrons. The zero-order valence-corrected chi connectivity index (χ0v) is 9.73. The van der Waals surface area contributed by atoms with E-state index in [0.717, 1.165) is 37.4 Å². The minimum absolute atomic E-state index is 0.0795. The Balaban J connectivity index is 2.12.